The molecule has 0 aliphatic carbocycles. The van der Waals surface area contributed by atoms with E-state index in [0.29, 0.717) is 0 Å². The van der Waals surface area contributed by atoms with E-state index in [1.807, 2.05) is 13.0 Å². The van der Waals surface area contributed by atoms with Gasteiger partial charge in [-0.15, -0.1) is 0 Å². The second-order valence-electron chi connectivity index (χ2n) is 4.63. The largest absolute Gasteiger partial charge is 0.501 e. The molecular formula is C13H24N2O. The van der Waals surface area contributed by atoms with Crippen LogP contribution in [0, 0.1) is 0 Å². The third-order valence-corrected chi connectivity index (χ3v) is 3.29. The van der Waals surface area contributed by atoms with Crippen LogP contribution in [0.4, 0.5) is 0 Å². The van der Waals surface area contributed by atoms with Crippen LogP contribution in [0.5, 0.6) is 0 Å². The molecule has 3 nitrogen and oxygen atoms in total. The molecule has 1 heterocycles. The minimum atomic E-state index is 0.719. The minimum Gasteiger partial charge on any atom is -0.501 e. The third-order valence-electron chi connectivity index (χ3n) is 3.29. The first-order chi connectivity index (χ1) is 7.54. The van der Waals surface area contributed by atoms with Gasteiger partial charge in [-0.25, -0.2) is 0 Å². The van der Waals surface area contributed by atoms with Crippen LogP contribution in [-0.4, -0.2) is 50.1 Å². The molecule has 0 unspecified atom stereocenters. The van der Waals surface area contributed by atoms with E-state index in [1.54, 1.807) is 7.11 Å². The van der Waals surface area contributed by atoms with Gasteiger partial charge in [-0.2, -0.15) is 0 Å². The molecule has 0 N–H and O–H groups in total. The van der Waals surface area contributed by atoms with Crippen molar-refractivity contribution in [2.45, 2.75) is 25.8 Å². The van der Waals surface area contributed by atoms with E-state index in [-0.39, 0.29) is 0 Å². The van der Waals surface area contributed by atoms with E-state index in [2.05, 4.69) is 30.5 Å². The molecule has 0 aromatic carbocycles. The maximum Gasteiger partial charge on any atom is 0.0944 e. The van der Waals surface area contributed by atoms with Gasteiger partial charge in [0.25, 0.3) is 0 Å². The summed E-state index contributed by atoms with van der Waals surface area (Å²) in [5, 5.41) is 0. The first kappa shape index (κ1) is 13.1. The number of hydrogen-bond donors (Lipinski definition) is 0. The van der Waals surface area contributed by atoms with Crippen molar-refractivity contribution < 1.29 is 4.74 Å². The van der Waals surface area contributed by atoms with E-state index in [0.717, 1.165) is 30.6 Å². The Balaban J connectivity index is 2.45. The SMILES string of the molecule is C=C(/C=C(\C)OC)N1CCC(N(C)C)CC1. The zero-order valence-electron chi connectivity index (χ0n) is 11.0. The van der Waals surface area contributed by atoms with Crippen LogP contribution in [-0.2, 0) is 4.74 Å². The molecule has 0 spiro atoms. The van der Waals surface area contributed by atoms with E-state index >= 15 is 0 Å². The fourth-order valence-electron chi connectivity index (χ4n) is 2.05. The van der Waals surface area contributed by atoms with Crippen molar-refractivity contribution in [2.24, 2.45) is 0 Å². The quantitative estimate of drug-likeness (QED) is 0.537. The van der Waals surface area contributed by atoms with Gasteiger partial charge in [-0.3, -0.25) is 0 Å². The molecule has 3 heteroatoms. The number of piperidine rings is 1. The maximum atomic E-state index is 5.14. The number of hydrogen-bond acceptors (Lipinski definition) is 3. The first-order valence-electron chi connectivity index (χ1n) is 5.87. The highest BCUT2D eigenvalue weighted by molar-refractivity contribution is 5.16. The Morgan fingerprint density at radius 2 is 1.94 bits per heavy atom. The van der Waals surface area contributed by atoms with Crippen LogP contribution in [0.3, 0.4) is 0 Å². The lowest BCUT2D eigenvalue weighted by Gasteiger charge is -2.36. The second-order valence-corrected chi connectivity index (χ2v) is 4.63. The fraction of sp³-hybridized carbons (Fsp3) is 0.692. The molecule has 1 saturated heterocycles. The minimum absolute atomic E-state index is 0.719. The number of rotatable bonds is 4. The Hall–Kier alpha value is -0.960. The predicted octanol–water partition coefficient (Wildman–Crippen LogP) is 2.08. The number of nitrogens with zero attached hydrogens (tertiary/aromatic N) is 2. The highest BCUT2D eigenvalue weighted by atomic mass is 16.5. The average Bonchev–Trinajstić information content (AvgIpc) is 2.28. The van der Waals surface area contributed by atoms with E-state index < -0.39 is 0 Å². The molecule has 0 aromatic heterocycles. The molecule has 1 aliphatic heterocycles. The summed E-state index contributed by atoms with van der Waals surface area (Å²) in [6.07, 6.45) is 4.44. The Bertz CT molecular complexity index is 263. The molecule has 0 radical (unpaired) electrons. The van der Waals surface area contributed by atoms with Crippen LogP contribution in [0.2, 0.25) is 0 Å². The van der Waals surface area contributed by atoms with Crippen LogP contribution in [0.15, 0.2) is 24.1 Å². The van der Waals surface area contributed by atoms with Gasteiger partial charge >= 0.3 is 0 Å². The van der Waals surface area contributed by atoms with Gasteiger partial charge < -0.3 is 14.5 Å². The molecular weight excluding hydrogens is 200 g/mol. The molecule has 92 valence electrons. The summed E-state index contributed by atoms with van der Waals surface area (Å²) in [7, 11) is 6.01. The summed E-state index contributed by atoms with van der Waals surface area (Å²) in [5.74, 6) is 0.916. The molecule has 1 fully saturated rings. The lowest BCUT2D eigenvalue weighted by molar-refractivity contribution is 0.173. The summed E-state index contributed by atoms with van der Waals surface area (Å²) in [6.45, 7) is 8.23. The fourth-order valence-corrected chi connectivity index (χ4v) is 2.05. The van der Waals surface area contributed by atoms with Crippen LogP contribution >= 0.6 is 0 Å². The number of allylic oxidation sites excluding steroid dienone is 2. The summed E-state index contributed by atoms with van der Waals surface area (Å²) >= 11 is 0. The summed E-state index contributed by atoms with van der Waals surface area (Å²) in [6, 6.07) is 0.719. The monoisotopic (exact) mass is 224 g/mol. The zero-order valence-corrected chi connectivity index (χ0v) is 11.0. The summed E-state index contributed by atoms with van der Waals surface area (Å²) < 4.78 is 5.14. The third kappa shape index (κ3) is 3.56. The number of methoxy groups -OCH3 is 1. The number of ether oxygens (including phenoxy) is 1. The Kier molecular flexibility index (Phi) is 4.87. The molecule has 0 amide bonds. The predicted molar refractivity (Wildman–Crippen MR) is 68.2 cm³/mol. The lowest BCUT2D eigenvalue weighted by atomic mass is 10.0. The maximum absolute atomic E-state index is 5.14. The summed E-state index contributed by atoms with van der Waals surface area (Å²) in [4.78, 5) is 4.65. The van der Waals surface area contributed by atoms with Crippen molar-refractivity contribution in [3.63, 3.8) is 0 Å². The smallest absolute Gasteiger partial charge is 0.0944 e. The van der Waals surface area contributed by atoms with Crippen molar-refractivity contribution in [3.8, 4) is 0 Å². The first-order valence-corrected chi connectivity index (χ1v) is 5.87. The zero-order chi connectivity index (χ0) is 12.1. The topological polar surface area (TPSA) is 15.7 Å². The van der Waals surface area contributed by atoms with Gasteiger partial charge in [-0.05, 0) is 39.9 Å². The second kappa shape index (κ2) is 5.94. The van der Waals surface area contributed by atoms with Crippen molar-refractivity contribution in [1.29, 1.82) is 0 Å². The highest BCUT2D eigenvalue weighted by Gasteiger charge is 2.20. The standard InChI is InChI=1S/C13H24N2O/c1-11(10-12(2)16-5)15-8-6-13(7-9-15)14(3)4/h10,13H,1,6-9H2,2-5H3/b12-10+. The van der Waals surface area contributed by atoms with Gasteiger partial charge in [0.15, 0.2) is 0 Å². The van der Waals surface area contributed by atoms with Crippen LogP contribution in [0.1, 0.15) is 19.8 Å². The molecule has 1 rings (SSSR count). The Morgan fingerprint density at radius 1 is 1.38 bits per heavy atom. The molecule has 0 bridgehead atoms. The molecule has 0 atom stereocenters. The van der Waals surface area contributed by atoms with Crippen LogP contribution < -0.4 is 0 Å². The normalized spacial score (nSPS) is 19.1. The van der Waals surface area contributed by atoms with Gasteiger partial charge in [-0.1, -0.05) is 6.58 Å². The van der Waals surface area contributed by atoms with E-state index in [9.17, 15) is 0 Å². The average molecular weight is 224 g/mol. The molecule has 0 saturated carbocycles. The highest BCUT2D eigenvalue weighted by Crippen LogP contribution is 2.18. The lowest BCUT2D eigenvalue weighted by Crippen LogP contribution is -2.41. The van der Waals surface area contributed by atoms with Crippen LogP contribution in [0.25, 0.3) is 0 Å². The molecule has 1 aliphatic rings. The van der Waals surface area contributed by atoms with E-state index in [4.69, 9.17) is 4.74 Å². The Morgan fingerprint density at radius 3 is 2.38 bits per heavy atom. The van der Waals surface area contributed by atoms with Crippen molar-refractivity contribution >= 4 is 0 Å². The van der Waals surface area contributed by atoms with Gasteiger partial charge in [0.05, 0.1) is 12.9 Å². The van der Waals surface area contributed by atoms with Gasteiger partial charge in [0.2, 0.25) is 0 Å². The van der Waals surface area contributed by atoms with Crippen molar-refractivity contribution in [3.05, 3.63) is 24.1 Å². The molecule has 16 heavy (non-hydrogen) atoms. The van der Waals surface area contributed by atoms with Crippen molar-refractivity contribution in [1.82, 2.24) is 9.80 Å². The Labute approximate surface area is 99.4 Å². The van der Waals surface area contributed by atoms with E-state index in [1.165, 1.54) is 12.8 Å². The van der Waals surface area contributed by atoms with Gasteiger partial charge in [0.1, 0.15) is 0 Å². The number of likely N-dealkylation sites (tertiary alicyclic amines) is 1. The van der Waals surface area contributed by atoms with Gasteiger partial charge in [0, 0.05) is 24.8 Å². The summed E-state index contributed by atoms with van der Waals surface area (Å²) in [5.41, 5.74) is 1.07. The molecule has 0 aromatic rings. The van der Waals surface area contributed by atoms with Crippen molar-refractivity contribution in [2.75, 3.05) is 34.3 Å².